The summed E-state index contributed by atoms with van der Waals surface area (Å²) in [5, 5.41) is 3.54. The summed E-state index contributed by atoms with van der Waals surface area (Å²) in [4.78, 5) is 4.28. The minimum atomic E-state index is 0.439. The van der Waals surface area contributed by atoms with E-state index in [2.05, 4.69) is 38.0 Å². The average Bonchev–Trinajstić information content (AvgIpc) is 2.15. The number of aliphatic imine (C=N–C) groups is 1. The maximum atomic E-state index is 4.28. The Morgan fingerprint density at radius 3 is 2.50 bits per heavy atom. The maximum absolute atomic E-state index is 4.28. The van der Waals surface area contributed by atoms with Gasteiger partial charge in [0.1, 0.15) is 0 Å². The van der Waals surface area contributed by atoms with Crippen LogP contribution in [0.5, 0.6) is 0 Å². The molecule has 0 aromatic heterocycles. The van der Waals surface area contributed by atoms with Crippen LogP contribution in [-0.4, -0.2) is 25.3 Å². The highest BCUT2D eigenvalue weighted by atomic mass is 14.9. The highest BCUT2D eigenvalue weighted by Crippen LogP contribution is 2.34. The molecule has 1 heterocycles. The lowest BCUT2D eigenvalue weighted by Crippen LogP contribution is -2.45. The highest BCUT2D eigenvalue weighted by Gasteiger charge is 2.31. The summed E-state index contributed by atoms with van der Waals surface area (Å²) in [6, 6.07) is 0.512. The van der Waals surface area contributed by atoms with Crippen LogP contribution in [0.4, 0.5) is 0 Å². The topological polar surface area (TPSA) is 24.4 Å². The molecule has 1 aliphatic rings. The molecule has 2 unspecified atom stereocenters. The summed E-state index contributed by atoms with van der Waals surface area (Å²) >= 11 is 0. The molecule has 1 aliphatic heterocycles. The lowest BCUT2D eigenvalue weighted by atomic mass is 9.73. The van der Waals surface area contributed by atoms with Crippen molar-refractivity contribution in [1.29, 1.82) is 0 Å². The molecule has 2 heteroatoms. The third-order valence-corrected chi connectivity index (χ3v) is 3.49. The zero-order chi connectivity index (χ0) is 10.8. The predicted octanol–water partition coefficient (Wildman–Crippen LogP) is 2.49. The summed E-state index contributed by atoms with van der Waals surface area (Å²) in [5.74, 6) is 0.824. The molecule has 1 rings (SSSR count). The van der Waals surface area contributed by atoms with Crippen LogP contribution in [0.1, 0.15) is 40.5 Å². The van der Waals surface area contributed by atoms with E-state index >= 15 is 0 Å². The monoisotopic (exact) mass is 196 g/mol. The Kier molecular flexibility index (Phi) is 3.71. The van der Waals surface area contributed by atoms with Crippen molar-refractivity contribution in [3.63, 3.8) is 0 Å². The van der Waals surface area contributed by atoms with Gasteiger partial charge in [-0.15, -0.1) is 0 Å². The largest absolute Gasteiger partial charge is 0.309 e. The van der Waals surface area contributed by atoms with Crippen LogP contribution in [0, 0.1) is 11.3 Å². The van der Waals surface area contributed by atoms with Crippen molar-refractivity contribution < 1.29 is 0 Å². The SMILES string of the molecule is C/N=C(\C)C1CC(C(C)(C)C)CCN1. The number of nitrogens with zero attached hydrogens (tertiary/aromatic N) is 1. The van der Waals surface area contributed by atoms with Crippen molar-refractivity contribution in [1.82, 2.24) is 5.32 Å². The molecule has 2 atom stereocenters. The van der Waals surface area contributed by atoms with Gasteiger partial charge < -0.3 is 5.32 Å². The predicted molar refractivity (Wildman–Crippen MR) is 63.0 cm³/mol. The highest BCUT2D eigenvalue weighted by molar-refractivity contribution is 5.87. The van der Waals surface area contributed by atoms with Crippen molar-refractivity contribution >= 4 is 5.71 Å². The van der Waals surface area contributed by atoms with E-state index in [1.807, 2.05) is 7.05 Å². The van der Waals surface area contributed by atoms with E-state index in [0.29, 0.717) is 11.5 Å². The van der Waals surface area contributed by atoms with E-state index in [9.17, 15) is 0 Å². The van der Waals surface area contributed by atoms with Gasteiger partial charge in [0, 0.05) is 18.8 Å². The molecular formula is C12H24N2. The second kappa shape index (κ2) is 4.43. The fourth-order valence-corrected chi connectivity index (χ4v) is 2.18. The Morgan fingerprint density at radius 1 is 1.36 bits per heavy atom. The molecule has 82 valence electrons. The van der Waals surface area contributed by atoms with Crippen molar-refractivity contribution in [3.05, 3.63) is 0 Å². The normalized spacial score (nSPS) is 30.5. The molecule has 14 heavy (non-hydrogen) atoms. The summed E-state index contributed by atoms with van der Waals surface area (Å²) in [6.07, 6.45) is 2.55. The first-order valence-electron chi connectivity index (χ1n) is 5.62. The van der Waals surface area contributed by atoms with Gasteiger partial charge in [-0.25, -0.2) is 0 Å². The minimum Gasteiger partial charge on any atom is -0.309 e. The molecule has 1 N–H and O–H groups in total. The van der Waals surface area contributed by atoms with Gasteiger partial charge in [-0.1, -0.05) is 20.8 Å². The summed E-state index contributed by atoms with van der Waals surface area (Å²) in [7, 11) is 1.89. The van der Waals surface area contributed by atoms with E-state index < -0.39 is 0 Å². The standard InChI is InChI=1S/C12H24N2/c1-9(13-5)11-8-10(6-7-14-11)12(2,3)4/h10-11,14H,6-8H2,1-5H3/b13-9+. The van der Waals surface area contributed by atoms with Gasteiger partial charge in [0.05, 0.1) is 0 Å². The fourth-order valence-electron chi connectivity index (χ4n) is 2.18. The van der Waals surface area contributed by atoms with Gasteiger partial charge in [0.2, 0.25) is 0 Å². The average molecular weight is 196 g/mol. The lowest BCUT2D eigenvalue weighted by molar-refractivity contribution is 0.177. The second-order valence-corrected chi connectivity index (χ2v) is 5.46. The molecule has 0 aliphatic carbocycles. The maximum Gasteiger partial charge on any atom is 0.0450 e. The Hall–Kier alpha value is -0.370. The van der Waals surface area contributed by atoms with Gasteiger partial charge in [-0.05, 0) is 37.6 Å². The van der Waals surface area contributed by atoms with Crippen LogP contribution < -0.4 is 5.32 Å². The molecule has 1 fully saturated rings. The molecule has 1 saturated heterocycles. The number of hydrogen-bond donors (Lipinski definition) is 1. The molecule has 0 radical (unpaired) electrons. The quantitative estimate of drug-likeness (QED) is 0.640. The van der Waals surface area contributed by atoms with E-state index in [1.54, 1.807) is 0 Å². The first kappa shape index (κ1) is 11.7. The molecule has 0 spiro atoms. The fraction of sp³-hybridized carbons (Fsp3) is 0.917. The zero-order valence-electron chi connectivity index (χ0n) is 10.2. The summed E-state index contributed by atoms with van der Waals surface area (Å²) < 4.78 is 0. The molecule has 0 aromatic carbocycles. The lowest BCUT2D eigenvalue weighted by Gasteiger charge is -2.38. The van der Waals surface area contributed by atoms with Gasteiger partial charge in [0.15, 0.2) is 0 Å². The van der Waals surface area contributed by atoms with Crippen LogP contribution in [0.15, 0.2) is 4.99 Å². The van der Waals surface area contributed by atoms with E-state index in [1.165, 1.54) is 18.6 Å². The summed E-state index contributed by atoms with van der Waals surface area (Å²) in [5.41, 5.74) is 1.69. The Balaban J connectivity index is 2.61. The first-order chi connectivity index (χ1) is 6.45. The van der Waals surface area contributed by atoms with Gasteiger partial charge >= 0.3 is 0 Å². The van der Waals surface area contributed by atoms with E-state index in [-0.39, 0.29) is 0 Å². The third kappa shape index (κ3) is 2.81. The van der Waals surface area contributed by atoms with Gasteiger partial charge in [-0.3, -0.25) is 4.99 Å². The smallest absolute Gasteiger partial charge is 0.0450 e. The van der Waals surface area contributed by atoms with Crippen LogP contribution in [0.25, 0.3) is 0 Å². The summed E-state index contributed by atoms with van der Waals surface area (Å²) in [6.45, 7) is 10.3. The van der Waals surface area contributed by atoms with Crippen LogP contribution >= 0.6 is 0 Å². The van der Waals surface area contributed by atoms with Crippen molar-refractivity contribution in [3.8, 4) is 0 Å². The van der Waals surface area contributed by atoms with Crippen LogP contribution in [0.3, 0.4) is 0 Å². The van der Waals surface area contributed by atoms with Gasteiger partial charge in [0.25, 0.3) is 0 Å². The van der Waals surface area contributed by atoms with E-state index in [4.69, 9.17) is 0 Å². The number of hydrogen-bond acceptors (Lipinski definition) is 2. The van der Waals surface area contributed by atoms with Crippen molar-refractivity contribution in [2.45, 2.75) is 46.6 Å². The Labute approximate surface area is 88.2 Å². The van der Waals surface area contributed by atoms with Crippen LogP contribution in [0.2, 0.25) is 0 Å². The number of piperidine rings is 1. The molecule has 0 saturated carbocycles. The van der Waals surface area contributed by atoms with Crippen molar-refractivity contribution in [2.75, 3.05) is 13.6 Å². The minimum absolute atomic E-state index is 0.439. The Morgan fingerprint density at radius 2 is 2.00 bits per heavy atom. The molecule has 0 amide bonds. The molecule has 0 aromatic rings. The third-order valence-electron chi connectivity index (χ3n) is 3.49. The first-order valence-corrected chi connectivity index (χ1v) is 5.62. The van der Waals surface area contributed by atoms with Crippen molar-refractivity contribution in [2.24, 2.45) is 16.3 Å². The Bertz CT molecular complexity index is 213. The van der Waals surface area contributed by atoms with Gasteiger partial charge in [-0.2, -0.15) is 0 Å². The second-order valence-electron chi connectivity index (χ2n) is 5.46. The zero-order valence-corrected chi connectivity index (χ0v) is 10.2. The molecular weight excluding hydrogens is 172 g/mol. The molecule has 0 bridgehead atoms. The van der Waals surface area contributed by atoms with E-state index in [0.717, 1.165) is 12.5 Å². The number of rotatable bonds is 1. The number of nitrogens with one attached hydrogen (secondary N) is 1. The van der Waals surface area contributed by atoms with Crippen LogP contribution in [-0.2, 0) is 0 Å². The molecule has 2 nitrogen and oxygen atoms in total.